The summed E-state index contributed by atoms with van der Waals surface area (Å²) in [5, 5.41) is 8.03. The zero-order valence-corrected chi connectivity index (χ0v) is 40.6. The Balaban J connectivity index is 0.000000187. The minimum absolute atomic E-state index is 0.321. The predicted molar refractivity (Wildman–Crippen MR) is 286 cm³/mol. The van der Waals surface area contributed by atoms with Crippen molar-refractivity contribution in [2.75, 3.05) is 0 Å². The van der Waals surface area contributed by atoms with Gasteiger partial charge >= 0.3 is 0 Å². The topological polar surface area (TPSA) is 9.34 Å². The van der Waals surface area contributed by atoms with E-state index >= 15 is 0 Å². The van der Waals surface area contributed by atoms with Crippen molar-refractivity contribution in [2.24, 2.45) is 0 Å². The molecule has 1 unspecified atom stereocenters. The Morgan fingerprint density at radius 2 is 0.719 bits per heavy atom. The number of para-hydroxylation sites is 6. The van der Waals surface area contributed by atoms with Crippen molar-refractivity contribution in [3.63, 3.8) is 0 Å². The Bertz CT molecular complexity index is 3180. The van der Waals surface area contributed by atoms with Gasteiger partial charge in [-0.05, 0) is 64.6 Å². The highest BCUT2D eigenvalue weighted by Gasteiger charge is 2.50. The van der Waals surface area contributed by atoms with Crippen LogP contribution in [0.5, 0.6) is 0 Å². The molecule has 0 bridgehead atoms. The summed E-state index contributed by atoms with van der Waals surface area (Å²) >= 11 is 0. The molecule has 4 heterocycles. The molecule has 0 radical (unpaired) electrons. The Hall–Kier alpha value is -6.64. The van der Waals surface area contributed by atoms with E-state index in [2.05, 4.69) is 192 Å². The number of benzene rings is 8. The van der Waals surface area contributed by atoms with Crippen molar-refractivity contribution in [1.29, 1.82) is 0 Å². The van der Waals surface area contributed by atoms with Crippen molar-refractivity contribution in [3.8, 4) is 16.8 Å². The molecule has 1 atom stereocenters. The highest BCUT2D eigenvalue weighted by atomic mass is 15.0. The first-order valence-corrected chi connectivity index (χ1v) is 24.2. The molecule has 0 saturated carbocycles. The van der Waals surface area contributed by atoms with Crippen molar-refractivity contribution >= 4 is 59.9 Å². The van der Waals surface area contributed by atoms with Crippen LogP contribution in [0.4, 0.5) is 0 Å². The van der Waals surface area contributed by atoms with Gasteiger partial charge in [0, 0.05) is 32.3 Å². The fourth-order valence-corrected chi connectivity index (χ4v) is 10.1. The molecule has 0 N–H and O–H groups in total. The third kappa shape index (κ3) is 6.96. The maximum Gasteiger partial charge on any atom is 0.0754 e. The van der Waals surface area contributed by atoms with Crippen molar-refractivity contribution < 1.29 is 0 Å². The second kappa shape index (κ2) is 20.7. The number of hydrogen-bond acceptors (Lipinski definition) is 0. The molecular formula is C62H68N2. The van der Waals surface area contributed by atoms with E-state index in [-0.39, 0.29) is 5.41 Å². The zero-order valence-electron chi connectivity index (χ0n) is 40.6. The molecule has 3 aromatic heterocycles. The van der Waals surface area contributed by atoms with Gasteiger partial charge in [0.25, 0.3) is 0 Å². The van der Waals surface area contributed by atoms with E-state index in [0.717, 1.165) is 0 Å². The van der Waals surface area contributed by atoms with Gasteiger partial charge in [0.05, 0.1) is 38.7 Å². The van der Waals surface area contributed by atoms with E-state index < -0.39 is 0 Å². The molecule has 64 heavy (non-hydrogen) atoms. The first-order valence-electron chi connectivity index (χ1n) is 24.2. The normalized spacial score (nSPS) is 13.1. The quantitative estimate of drug-likeness (QED) is 0.144. The summed E-state index contributed by atoms with van der Waals surface area (Å²) in [7, 11) is 0. The Kier molecular flexibility index (Phi) is 15.1. The monoisotopic (exact) mass is 841 g/mol. The molecule has 0 amide bonds. The number of aromatic nitrogens is 2. The molecule has 11 aromatic rings. The summed E-state index contributed by atoms with van der Waals surface area (Å²) in [6, 6.07) is 64.7. The summed E-state index contributed by atoms with van der Waals surface area (Å²) in [6.45, 7) is 26.2. The molecule has 2 aliphatic rings. The van der Waals surface area contributed by atoms with Crippen LogP contribution in [0.15, 0.2) is 176 Å². The lowest BCUT2D eigenvalue weighted by molar-refractivity contribution is 0.747. The maximum atomic E-state index is 2.50. The second-order valence-corrected chi connectivity index (χ2v) is 14.5. The van der Waals surface area contributed by atoms with Crippen LogP contribution in [0.1, 0.15) is 111 Å². The van der Waals surface area contributed by atoms with Crippen molar-refractivity contribution in [1.82, 2.24) is 8.97 Å². The summed E-state index contributed by atoms with van der Waals surface area (Å²) < 4.78 is 4.90. The molecule has 1 spiro atoms. The predicted octanol–water partition coefficient (Wildman–Crippen LogP) is 18.8. The van der Waals surface area contributed by atoms with Gasteiger partial charge in [0.1, 0.15) is 0 Å². The number of rotatable bonds is 0. The molecule has 1 aliphatic carbocycles. The van der Waals surface area contributed by atoms with E-state index in [0.29, 0.717) is 0 Å². The Morgan fingerprint density at radius 1 is 0.312 bits per heavy atom. The smallest absolute Gasteiger partial charge is 0.0754 e. The van der Waals surface area contributed by atoms with E-state index in [1.807, 2.05) is 83.1 Å². The number of aryl methyl sites for hydroxylation is 1. The lowest BCUT2D eigenvalue weighted by Crippen LogP contribution is -2.33. The molecule has 8 aromatic carbocycles. The number of fused-ring (bicyclic) bond motifs is 18. The van der Waals surface area contributed by atoms with Gasteiger partial charge in [-0.1, -0.05) is 240 Å². The summed E-state index contributed by atoms with van der Waals surface area (Å²) in [5.74, 6) is 0. The standard InChI is InChI=1S/C32H21N.C18H11N.6C2H6/c1-20-17-18-22-21-9-2-4-12-25(21)32(28(22)19-20)26-13-5-7-16-30(26)33-29-15-6-3-10-23(29)24-11-8-14-27(32)31(24)33;1-3-10-16-12(6-1)14-8-5-9-15-13-7-2-4-11-17(13)19(16)18(14)15;6*1-2/h2-19H,1H3;1-11H;6*1-2H3. The largest absolute Gasteiger partial charge is 0.309 e. The molecule has 13 rings (SSSR count). The molecule has 2 heteroatoms. The fraction of sp³-hybridized carbons (Fsp3) is 0.226. The van der Waals surface area contributed by atoms with E-state index in [1.54, 1.807) is 0 Å². The van der Waals surface area contributed by atoms with Gasteiger partial charge in [-0.25, -0.2) is 0 Å². The van der Waals surface area contributed by atoms with Crippen LogP contribution in [0, 0.1) is 6.92 Å². The third-order valence-electron chi connectivity index (χ3n) is 12.0. The molecule has 0 saturated heterocycles. The second-order valence-electron chi connectivity index (χ2n) is 14.5. The van der Waals surface area contributed by atoms with Crippen LogP contribution in [0.2, 0.25) is 0 Å². The maximum absolute atomic E-state index is 2.50. The van der Waals surface area contributed by atoms with Gasteiger partial charge < -0.3 is 8.97 Å². The van der Waals surface area contributed by atoms with E-state index in [4.69, 9.17) is 0 Å². The third-order valence-corrected chi connectivity index (χ3v) is 12.0. The van der Waals surface area contributed by atoms with Gasteiger partial charge in [-0.2, -0.15) is 0 Å². The number of nitrogens with zero attached hydrogens (tertiary/aromatic N) is 2. The Morgan fingerprint density at radius 3 is 1.31 bits per heavy atom. The first kappa shape index (κ1) is 46.9. The van der Waals surface area contributed by atoms with Gasteiger partial charge in [-0.3, -0.25) is 0 Å². The average molecular weight is 841 g/mol. The van der Waals surface area contributed by atoms with E-state index in [9.17, 15) is 0 Å². The number of hydrogen-bond donors (Lipinski definition) is 0. The van der Waals surface area contributed by atoms with Gasteiger partial charge in [-0.15, -0.1) is 0 Å². The van der Waals surface area contributed by atoms with Crippen LogP contribution >= 0.6 is 0 Å². The van der Waals surface area contributed by atoms with Crippen molar-refractivity contribution in [2.45, 2.75) is 95.4 Å². The lowest BCUT2D eigenvalue weighted by Gasteiger charge is -2.39. The van der Waals surface area contributed by atoms with Crippen LogP contribution in [-0.4, -0.2) is 8.97 Å². The van der Waals surface area contributed by atoms with Crippen LogP contribution in [-0.2, 0) is 5.41 Å². The summed E-state index contributed by atoms with van der Waals surface area (Å²) in [5.41, 5.74) is 17.1. The average Bonchev–Trinajstić information content (AvgIpc) is 4.11. The fourth-order valence-electron chi connectivity index (χ4n) is 10.1. The summed E-state index contributed by atoms with van der Waals surface area (Å²) in [4.78, 5) is 0. The Labute approximate surface area is 383 Å². The highest BCUT2D eigenvalue weighted by molar-refractivity contribution is 6.23. The molecule has 2 nitrogen and oxygen atoms in total. The van der Waals surface area contributed by atoms with Gasteiger partial charge in [0.15, 0.2) is 0 Å². The minimum atomic E-state index is -0.321. The van der Waals surface area contributed by atoms with Gasteiger partial charge in [0.2, 0.25) is 0 Å². The summed E-state index contributed by atoms with van der Waals surface area (Å²) in [6.07, 6.45) is 0. The van der Waals surface area contributed by atoms with Crippen LogP contribution in [0.25, 0.3) is 76.7 Å². The lowest BCUT2D eigenvalue weighted by atomic mass is 9.65. The molecular weight excluding hydrogens is 773 g/mol. The van der Waals surface area contributed by atoms with Crippen LogP contribution < -0.4 is 0 Å². The molecule has 1 aliphatic heterocycles. The van der Waals surface area contributed by atoms with Crippen LogP contribution in [0.3, 0.4) is 0 Å². The highest BCUT2D eigenvalue weighted by Crippen LogP contribution is 2.61. The van der Waals surface area contributed by atoms with E-state index in [1.165, 1.54) is 105 Å². The zero-order chi connectivity index (χ0) is 46.1. The molecule has 0 fully saturated rings. The SMILES string of the molecule is CC.CC.CC.CC.CC.CC.Cc1ccc2c(c1)C1(c3ccccc3-2)c2ccccc2-n2c3ccccc3c3cccc1c32.c1ccc2c(c1)c1cccc3c4ccccc4n2c13. The molecule has 326 valence electrons. The van der Waals surface area contributed by atoms with Crippen molar-refractivity contribution in [3.05, 3.63) is 204 Å². The minimum Gasteiger partial charge on any atom is -0.309 e. The first-order chi connectivity index (χ1) is 31.7.